The number of benzene rings is 1. The highest BCUT2D eigenvalue weighted by molar-refractivity contribution is 6.38. The van der Waals surface area contributed by atoms with Crippen LogP contribution < -0.4 is 10.1 Å². The second kappa shape index (κ2) is 6.75. The molecular formula is C13H8Cl2N4O. The molecule has 5 nitrogen and oxygen atoms in total. The first kappa shape index (κ1) is 14.1. The van der Waals surface area contributed by atoms with Gasteiger partial charge in [-0.15, -0.1) is 0 Å². The summed E-state index contributed by atoms with van der Waals surface area (Å²) in [5.74, 6) is 0.523. The lowest BCUT2D eigenvalue weighted by Gasteiger charge is -2.07. The predicted molar refractivity (Wildman–Crippen MR) is 77.2 cm³/mol. The minimum absolute atomic E-state index is 0.0336. The van der Waals surface area contributed by atoms with Crippen molar-refractivity contribution in [3.63, 3.8) is 0 Å². The fraction of sp³-hybridized carbons (Fsp3) is 0. The van der Waals surface area contributed by atoms with E-state index in [4.69, 9.17) is 33.2 Å². The molecule has 0 radical (unpaired) electrons. The van der Waals surface area contributed by atoms with Crippen molar-refractivity contribution in [1.82, 2.24) is 10.3 Å². The van der Waals surface area contributed by atoms with Crippen molar-refractivity contribution in [3.05, 3.63) is 52.8 Å². The number of nitrogens with zero attached hydrogens (tertiary/aromatic N) is 3. The van der Waals surface area contributed by atoms with Crippen molar-refractivity contribution in [2.24, 2.45) is 4.99 Å². The molecule has 0 aliphatic rings. The number of para-hydroxylation sites is 1. The van der Waals surface area contributed by atoms with Crippen molar-refractivity contribution in [3.8, 4) is 11.9 Å². The van der Waals surface area contributed by atoms with E-state index in [1.54, 1.807) is 30.5 Å². The van der Waals surface area contributed by atoms with E-state index in [0.29, 0.717) is 5.75 Å². The summed E-state index contributed by atoms with van der Waals surface area (Å²) < 4.78 is 5.45. The van der Waals surface area contributed by atoms with Gasteiger partial charge in [0.1, 0.15) is 11.4 Å². The molecule has 0 atom stereocenters. The number of halogens is 2. The zero-order valence-electron chi connectivity index (χ0n) is 10.0. The first-order valence-electron chi connectivity index (χ1n) is 5.46. The van der Waals surface area contributed by atoms with Gasteiger partial charge in [-0.3, -0.25) is 4.98 Å². The predicted octanol–water partition coefficient (Wildman–Crippen LogP) is 3.53. The standard InChI is InChI=1S/C13H8Cl2N4O/c14-10-6-17-7-11(15)12(10)19-13(18-8-16)20-9-4-2-1-3-5-9/h1-7H,(H,17,18,19). The smallest absolute Gasteiger partial charge is 0.309 e. The molecule has 0 bridgehead atoms. The molecule has 2 rings (SSSR count). The van der Waals surface area contributed by atoms with E-state index in [9.17, 15) is 0 Å². The zero-order valence-corrected chi connectivity index (χ0v) is 11.6. The lowest BCUT2D eigenvalue weighted by atomic mass is 10.3. The maximum Gasteiger partial charge on any atom is 0.309 e. The van der Waals surface area contributed by atoms with Gasteiger partial charge in [0.15, 0.2) is 6.19 Å². The van der Waals surface area contributed by atoms with Crippen LogP contribution in [-0.2, 0) is 0 Å². The molecule has 0 spiro atoms. The zero-order chi connectivity index (χ0) is 14.4. The average molecular weight is 307 g/mol. The number of pyridine rings is 1. The fourth-order valence-electron chi connectivity index (χ4n) is 1.34. The number of aliphatic imine (C=N–C) groups is 1. The molecule has 100 valence electrons. The molecule has 7 heteroatoms. The summed E-state index contributed by atoms with van der Waals surface area (Å²) in [6, 6.07) is 8.86. The summed E-state index contributed by atoms with van der Waals surface area (Å²) in [5.41, 5.74) is 0.275. The molecular weight excluding hydrogens is 299 g/mol. The molecule has 0 unspecified atom stereocenters. The summed E-state index contributed by atoms with van der Waals surface area (Å²) >= 11 is 11.9. The van der Waals surface area contributed by atoms with Crippen LogP contribution in [0.3, 0.4) is 0 Å². The normalized spacial score (nSPS) is 10.8. The summed E-state index contributed by atoms with van der Waals surface area (Å²) in [6.07, 6.45) is 4.54. The van der Waals surface area contributed by atoms with Gasteiger partial charge in [0.05, 0.1) is 10.0 Å². The Hall–Kier alpha value is -2.29. The van der Waals surface area contributed by atoms with Crippen molar-refractivity contribution >= 4 is 34.9 Å². The summed E-state index contributed by atoms with van der Waals surface area (Å²) in [7, 11) is 0. The van der Waals surface area contributed by atoms with Gasteiger partial charge in [0.2, 0.25) is 0 Å². The van der Waals surface area contributed by atoms with E-state index < -0.39 is 0 Å². The first-order valence-corrected chi connectivity index (χ1v) is 6.22. The number of aromatic nitrogens is 1. The monoisotopic (exact) mass is 306 g/mol. The van der Waals surface area contributed by atoms with Crippen LogP contribution in [0, 0.1) is 11.5 Å². The molecule has 0 saturated carbocycles. The highest BCUT2D eigenvalue weighted by Gasteiger charge is 2.09. The number of hydrogen-bond donors (Lipinski definition) is 1. The van der Waals surface area contributed by atoms with Crippen molar-refractivity contribution in [2.75, 3.05) is 0 Å². The molecule has 20 heavy (non-hydrogen) atoms. The van der Waals surface area contributed by atoms with E-state index in [0.717, 1.165) is 0 Å². The van der Waals surface area contributed by atoms with Gasteiger partial charge in [-0.25, -0.2) is 5.32 Å². The van der Waals surface area contributed by atoms with Crippen molar-refractivity contribution in [1.29, 1.82) is 5.26 Å². The van der Waals surface area contributed by atoms with Gasteiger partial charge in [-0.1, -0.05) is 41.4 Å². The first-order chi connectivity index (χ1) is 9.70. The van der Waals surface area contributed by atoms with Crippen LogP contribution in [0.25, 0.3) is 0 Å². The van der Waals surface area contributed by atoms with Crippen LogP contribution in [0.15, 0.2) is 47.7 Å². The van der Waals surface area contributed by atoms with Crippen molar-refractivity contribution < 1.29 is 4.74 Å². The lowest BCUT2D eigenvalue weighted by molar-refractivity contribution is 0.531. The lowest BCUT2D eigenvalue weighted by Crippen LogP contribution is -2.24. The van der Waals surface area contributed by atoms with E-state index in [-0.39, 0.29) is 21.8 Å². The summed E-state index contributed by atoms with van der Waals surface area (Å²) in [6.45, 7) is 0. The van der Waals surface area contributed by atoms with Gasteiger partial charge in [0.25, 0.3) is 0 Å². The van der Waals surface area contributed by atoms with Gasteiger partial charge in [-0.05, 0) is 12.1 Å². The quantitative estimate of drug-likeness (QED) is 0.399. The van der Waals surface area contributed by atoms with Gasteiger partial charge in [-0.2, -0.15) is 10.3 Å². The molecule has 0 aliphatic heterocycles. The Morgan fingerprint density at radius 1 is 1.20 bits per heavy atom. The second-order valence-electron chi connectivity index (χ2n) is 3.52. The van der Waals surface area contributed by atoms with Gasteiger partial charge < -0.3 is 4.74 Å². The third kappa shape index (κ3) is 3.60. The number of hydrogen-bond acceptors (Lipinski definition) is 4. The fourth-order valence-corrected chi connectivity index (χ4v) is 1.79. The molecule has 1 aromatic carbocycles. The van der Waals surface area contributed by atoms with Crippen molar-refractivity contribution in [2.45, 2.75) is 0 Å². The molecule has 0 saturated heterocycles. The Bertz CT molecular complexity index is 648. The Labute approximate surface area is 125 Å². The van der Waals surface area contributed by atoms with Crippen LogP contribution in [0.4, 0.5) is 5.69 Å². The van der Waals surface area contributed by atoms with E-state index in [1.807, 2.05) is 6.07 Å². The van der Waals surface area contributed by atoms with Gasteiger partial charge in [0, 0.05) is 12.4 Å². The Balaban J connectivity index is 2.33. The molecule has 0 fully saturated rings. The maximum atomic E-state index is 8.73. The highest BCUT2D eigenvalue weighted by atomic mass is 35.5. The summed E-state index contributed by atoms with van der Waals surface area (Å²) in [4.78, 5) is 7.92. The third-order valence-electron chi connectivity index (χ3n) is 2.16. The van der Waals surface area contributed by atoms with E-state index in [1.165, 1.54) is 12.4 Å². The SMILES string of the molecule is N#CNC(=Nc1c(Cl)cncc1Cl)Oc1ccccc1. The molecule has 1 N–H and O–H groups in total. The van der Waals surface area contributed by atoms with Gasteiger partial charge >= 0.3 is 6.02 Å². The average Bonchev–Trinajstić information content (AvgIpc) is 2.44. The molecule has 1 aromatic heterocycles. The van der Waals surface area contributed by atoms with Crippen LogP contribution in [0.1, 0.15) is 0 Å². The molecule has 1 heterocycles. The van der Waals surface area contributed by atoms with Crippen LogP contribution in [0.5, 0.6) is 5.75 Å². The van der Waals surface area contributed by atoms with Crippen LogP contribution in [-0.4, -0.2) is 11.0 Å². The third-order valence-corrected chi connectivity index (χ3v) is 2.72. The Kier molecular flexibility index (Phi) is 4.77. The minimum Gasteiger partial charge on any atom is -0.425 e. The number of rotatable bonds is 2. The summed E-state index contributed by atoms with van der Waals surface area (Å²) in [5, 5.41) is 11.6. The number of amidine groups is 1. The molecule has 2 aromatic rings. The Morgan fingerprint density at radius 3 is 2.45 bits per heavy atom. The largest absolute Gasteiger partial charge is 0.425 e. The molecule has 0 aliphatic carbocycles. The van der Waals surface area contributed by atoms with Crippen LogP contribution >= 0.6 is 23.2 Å². The Morgan fingerprint density at radius 2 is 1.85 bits per heavy atom. The number of nitrogens with one attached hydrogen (secondary N) is 1. The van der Waals surface area contributed by atoms with E-state index in [2.05, 4.69) is 15.3 Å². The highest BCUT2D eigenvalue weighted by Crippen LogP contribution is 2.31. The number of ether oxygens (including phenoxy) is 1. The van der Waals surface area contributed by atoms with E-state index >= 15 is 0 Å². The molecule has 0 amide bonds. The second-order valence-corrected chi connectivity index (χ2v) is 4.34. The van der Waals surface area contributed by atoms with Crippen LogP contribution in [0.2, 0.25) is 10.0 Å². The maximum absolute atomic E-state index is 8.73. The number of nitriles is 1. The topological polar surface area (TPSA) is 70.3 Å². The minimum atomic E-state index is -0.0336.